The van der Waals surface area contributed by atoms with Crippen LogP contribution in [-0.2, 0) is 17.1 Å². The SMILES string of the molecule is CC(C)P(c1ccccc1[B@@-]1(c2ccccc2[PH+](C(C)C)C(C)C)N=P(C(C)C)(C(C)C)c2ccccc21)C(C)C.C[Si]1(C)CC[Si](C)(C)[N-]1.[Fe+2]. The molecule has 2 aliphatic heterocycles. The third-order valence-corrected chi connectivity index (χ3v) is 31.5. The van der Waals surface area contributed by atoms with Gasteiger partial charge >= 0.3 is 17.1 Å². The summed E-state index contributed by atoms with van der Waals surface area (Å²) in [5.41, 5.74) is 8.09. The summed E-state index contributed by atoms with van der Waals surface area (Å²) in [7, 11) is -5.03. The van der Waals surface area contributed by atoms with Gasteiger partial charge in [-0.1, -0.05) is 190 Å². The quantitative estimate of drug-likeness (QED) is 0.144. The molecule has 0 unspecified atom stereocenters. The summed E-state index contributed by atoms with van der Waals surface area (Å²) in [6, 6.07) is 31.6. The van der Waals surface area contributed by atoms with E-state index in [1.165, 1.54) is 28.5 Å². The first-order valence-corrected chi connectivity index (χ1v) is 31.0. The molecule has 2 heterocycles. The summed E-state index contributed by atoms with van der Waals surface area (Å²) in [5, 5.41) is 4.76. The van der Waals surface area contributed by atoms with Crippen molar-refractivity contribution in [3.05, 3.63) is 77.4 Å². The number of nitrogens with zero attached hydrogens (tertiary/aromatic N) is 2. The summed E-state index contributed by atoms with van der Waals surface area (Å²) < 4.78 is 11.4. The maximum absolute atomic E-state index is 6.48. The molecule has 5 rings (SSSR count). The van der Waals surface area contributed by atoms with E-state index in [0.29, 0.717) is 34.0 Å². The van der Waals surface area contributed by atoms with E-state index in [1.54, 1.807) is 15.9 Å². The van der Waals surface area contributed by atoms with E-state index in [2.05, 4.69) is 182 Å². The molecule has 282 valence electrons. The molecule has 1 saturated heterocycles. The third-order valence-electron chi connectivity index (χ3n) is 11.4. The van der Waals surface area contributed by atoms with Gasteiger partial charge in [0.1, 0.15) is 0 Å². The van der Waals surface area contributed by atoms with Gasteiger partial charge in [0.05, 0.1) is 16.6 Å². The van der Waals surface area contributed by atoms with Gasteiger partial charge < -0.3 is 9.30 Å². The van der Waals surface area contributed by atoms with Crippen LogP contribution in [0.15, 0.2) is 77.5 Å². The van der Waals surface area contributed by atoms with Crippen LogP contribution in [0.2, 0.25) is 38.3 Å². The first-order chi connectivity index (χ1) is 23.2. The number of fused-ring (bicyclic) bond motifs is 1. The first kappa shape index (κ1) is 45.1. The van der Waals surface area contributed by atoms with E-state index >= 15 is 0 Å². The maximum Gasteiger partial charge on any atom is 2.00 e. The molecule has 1 fully saturated rings. The molecule has 0 N–H and O–H groups in total. The van der Waals surface area contributed by atoms with Crippen molar-refractivity contribution < 1.29 is 17.1 Å². The Morgan fingerprint density at radius 1 is 0.627 bits per heavy atom. The van der Waals surface area contributed by atoms with Crippen molar-refractivity contribution >= 4 is 78.0 Å². The summed E-state index contributed by atoms with van der Waals surface area (Å²) in [4.78, 5) is 0. The van der Waals surface area contributed by atoms with Gasteiger partial charge in [-0.05, 0) is 68.8 Å². The Morgan fingerprint density at radius 3 is 1.49 bits per heavy atom. The molecule has 0 bridgehead atoms. The Balaban J connectivity index is 0.000000611. The van der Waals surface area contributed by atoms with E-state index in [1.807, 2.05) is 0 Å². The van der Waals surface area contributed by atoms with Gasteiger partial charge in [-0.2, -0.15) is 10.9 Å². The van der Waals surface area contributed by atoms with Crippen molar-refractivity contribution in [3.8, 4) is 0 Å². The molecular weight excluding hydrogens is 748 g/mol. The topological polar surface area (TPSA) is 26.5 Å². The van der Waals surface area contributed by atoms with Gasteiger partial charge in [0.2, 0.25) is 0 Å². The van der Waals surface area contributed by atoms with Gasteiger partial charge in [0.25, 0.3) is 0 Å². The summed E-state index contributed by atoms with van der Waals surface area (Å²) in [5.74, 6) is 0. The molecule has 51 heavy (non-hydrogen) atoms. The minimum atomic E-state index is -1.86. The molecule has 1 atom stereocenters. The Kier molecular flexibility index (Phi) is 15.6. The summed E-state index contributed by atoms with van der Waals surface area (Å²) >= 11 is 0. The first-order valence-electron chi connectivity index (χ1n) is 19.7. The van der Waals surface area contributed by atoms with Gasteiger partial charge in [-0.3, -0.25) is 0 Å². The summed E-state index contributed by atoms with van der Waals surface area (Å²) in [6.45, 7) is 38.9. The molecule has 0 radical (unpaired) electrons. The van der Waals surface area contributed by atoms with Crippen molar-refractivity contribution in [2.75, 3.05) is 0 Å². The van der Waals surface area contributed by atoms with Crippen LogP contribution in [0.5, 0.6) is 0 Å². The Morgan fingerprint density at radius 2 is 1.06 bits per heavy atom. The standard InChI is InChI=1S/C36H54BNP3.C6H16NSi2.Fe/c1-25(2)39(26(3)4)34-22-16-13-19-31(34)37(32-20-14-17-23-35(32)40(27(5)6)28(7)8)33-21-15-18-24-36(33)41(38-37,29(9)10)30(11)12;1-8(2)5-6-9(3,4)7-8;/h13-30H,1-12H3;5-6H2,1-4H3;/q2*-1;+2/p+1. The molecule has 2 aliphatic rings. The van der Waals surface area contributed by atoms with E-state index in [9.17, 15) is 0 Å². The minimum absolute atomic E-state index is 0. The number of hydrogen-bond acceptors (Lipinski definition) is 1. The Bertz CT molecular complexity index is 1570. The van der Waals surface area contributed by atoms with Crippen LogP contribution in [0.3, 0.4) is 0 Å². The normalized spacial score (nSPS) is 20.3. The van der Waals surface area contributed by atoms with Crippen molar-refractivity contribution in [1.29, 1.82) is 0 Å². The second-order valence-electron chi connectivity index (χ2n) is 18.2. The summed E-state index contributed by atoms with van der Waals surface area (Å²) in [6.07, 6.45) is -1.51. The second kappa shape index (κ2) is 17.7. The number of rotatable bonds is 10. The van der Waals surface area contributed by atoms with E-state index < -0.39 is 37.7 Å². The predicted octanol–water partition coefficient (Wildman–Crippen LogP) is 10.7. The van der Waals surface area contributed by atoms with Crippen molar-refractivity contribution in [1.82, 2.24) is 0 Å². The minimum Gasteiger partial charge on any atom is -0.667 e. The molecule has 2 nitrogen and oxygen atoms in total. The van der Waals surface area contributed by atoms with Crippen LogP contribution in [-0.4, -0.2) is 56.7 Å². The van der Waals surface area contributed by atoms with Crippen LogP contribution < -0.4 is 32.3 Å². The molecule has 0 aromatic heterocycles. The molecule has 3 aromatic carbocycles. The molecule has 3 aromatic rings. The molecular formula is C42H71BFeN2P3Si2+. The second-order valence-corrected chi connectivity index (χ2v) is 38.7. The molecule has 9 heteroatoms. The van der Waals surface area contributed by atoms with Gasteiger partial charge in [0, 0.05) is 7.92 Å². The maximum atomic E-state index is 6.48. The number of benzene rings is 3. The molecule has 0 amide bonds. The van der Waals surface area contributed by atoms with Crippen LogP contribution in [0, 0.1) is 0 Å². The fourth-order valence-electron chi connectivity index (χ4n) is 9.81. The largest absolute Gasteiger partial charge is 2.00 e. The van der Waals surface area contributed by atoms with Crippen molar-refractivity contribution in [3.63, 3.8) is 0 Å². The van der Waals surface area contributed by atoms with Crippen LogP contribution in [0.1, 0.15) is 83.1 Å². The third kappa shape index (κ3) is 9.07. The fourth-order valence-corrected chi connectivity index (χ4v) is 33.7. The van der Waals surface area contributed by atoms with Crippen LogP contribution in [0.25, 0.3) is 4.65 Å². The van der Waals surface area contributed by atoms with Gasteiger partial charge in [0.15, 0.2) is 6.28 Å². The fraction of sp³-hybridized carbons (Fsp3) is 0.571. The Labute approximate surface area is 330 Å². The van der Waals surface area contributed by atoms with E-state index in [0.717, 1.165) is 0 Å². The van der Waals surface area contributed by atoms with Crippen LogP contribution in [0.4, 0.5) is 0 Å². The average molecular weight is 820 g/mol. The smallest absolute Gasteiger partial charge is 0.667 e. The zero-order chi connectivity index (χ0) is 37.4. The molecule has 0 saturated carbocycles. The van der Waals surface area contributed by atoms with Gasteiger partial charge in [-0.25, -0.2) is 0 Å². The monoisotopic (exact) mass is 819 g/mol. The van der Waals surface area contributed by atoms with Crippen molar-refractivity contribution in [2.24, 2.45) is 4.66 Å². The van der Waals surface area contributed by atoms with Crippen LogP contribution >= 0.6 is 22.9 Å². The van der Waals surface area contributed by atoms with E-state index in [4.69, 9.17) is 9.30 Å². The zero-order valence-electron chi connectivity index (χ0n) is 35.0. The Hall–Kier alpha value is -0.272. The number of hydrogen-bond donors (Lipinski definition) is 0. The van der Waals surface area contributed by atoms with Gasteiger partial charge in [-0.15, -0.1) is 5.46 Å². The zero-order valence-corrected chi connectivity index (χ0v) is 40.9. The van der Waals surface area contributed by atoms with Crippen molar-refractivity contribution in [2.45, 2.75) is 155 Å². The molecule has 0 spiro atoms. The average Bonchev–Trinajstić information content (AvgIpc) is 3.48. The van der Waals surface area contributed by atoms with E-state index in [-0.39, 0.29) is 25.0 Å². The predicted molar refractivity (Wildman–Crippen MR) is 246 cm³/mol. The molecule has 0 aliphatic carbocycles.